The Labute approximate surface area is 251 Å². The largest absolute Gasteiger partial charge is 0.310 e. The van der Waals surface area contributed by atoms with Crippen LogP contribution in [-0.2, 0) is 0 Å². The lowest BCUT2D eigenvalue weighted by molar-refractivity contribution is 1.28. The molecule has 0 aliphatic heterocycles. The van der Waals surface area contributed by atoms with Crippen molar-refractivity contribution in [2.75, 3.05) is 4.90 Å². The van der Waals surface area contributed by atoms with Crippen molar-refractivity contribution >= 4 is 49.4 Å². The van der Waals surface area contributed by atoms with E-state index < -0.39 is 0 Å². The molecule has 0 N–H and O–H groups in total. The van der Waals surface area contributed by atoms with Crippen LogP contribution in [0.3, 0.4) is 0 Å². The Hall–Kier alpha value is -5.66. The summed E-state index contributed by atoms with van der Waals surface area (Å²) in [7, 11) is 0. The first-order valence-corrected chi connectivity index (χ1v) is 14.8. The number of anilines is 3. The van der Waals surface area contributed by atoms with E-state index in [9.17, 15) is 0 Å². The molecule has 0 heterocycles. The van der Waals surface area contributed by atoms with Gasteiger partial charge in [-0.3, -0.25) is 0 Å². The van der Waals surface area contributed by atoms with Crippen molar-refractivity contribution in [2.45, 2.75) is 0 Å². The minimum Gasteiger partial charge on any atom is -0.310 e. The summed E-state index contributed by atoms with van der Waals surface area (Å²) in [6, 6.07) is 63.4. The summed E-state index contributed by atoms with van der Waals surface area (Å²) in [5.41, 5.74) is 8.41. The van der Waals surface area contributed by atoms with Gasteiger partial charge in [-0.05, 0) is 91.0 Å². The summed E-state index contributed by atoms with van der Waals surface area (Å²) in [4.78, 5) is 2.33. The second-order valence-electron chi connectivity index (χ2n) is 10.9. The number of hydrogen-bond donors (Lipinski definition) is 0. The van der Waals surface area contributed by atoms with E-state index in [0.717, 1.165) is 17.1 Å². The third-order valence-electron chi connectivity index (χ3n) is 8.41. The van der Waals surface area contributed by atoms with Crippen molar-refractivity contribution in [1.29, 1.82) is 0 Å². The molecule has 0 aliphatic rings. The van der Waals surface area contributed by atoms with Gasteiger partial charge in [0.1, 0.15) is 0 Å². The number of para-hydroxylation sites is 2. The van der Waals surface area contributed by atoms with Gasteiger partial charge in [-0.25, -0.2) is 0 Å². The van der Waals surface area contributed by atoms with E-state index in [0.29, 0.717) is 0 Å². The molecule has 0 saturated heterocycles. The molecule has 1 nitrogen and oxygen atoms in total. The molecule has 0 fully saturated rings. The first-order valence-electron chi connectivity index (χ1n) is 14.8. The lowest BCUT2D eigenvalue weighted by Crippen LogP contribution is -2.09. The summed E-state index contributed by atoms with van der Waals surface area (Å²) in [6.45, 7) is 0. The average molecular weight is 548 g/mol. The molecular formula is C42H29N. The van der Waals surface area contributed by atoms with Gasteiger partial charge in [0.15, 0.2) is 0 Å². The standard InChI is InChI=1S/C42H29N/c1-3-18-32(19-4-1)43(33-20-5-2-6-21-33)34-22-13-17-31(29-34)41-37-24-9-11-26-39(37)42(40-27-12-10-25-38(40)41)36-28-14-16-30-15-7-8-23-35(30)36/h1-29H. The van der Waals surface area contributed by atoms with E-state index in [4.69, 9.17) is 0 Å². The number of nitrogens with zero attached hydrogens (tertiary/aromatic N) is 1. The van der Waals surface area contributed by atoms with E-state index >= 15 is 0 Å². The Kier molecular flexibility index (Phi) is 6.20. The summed E-state index contributed by atoms with van der Waals surface area (Å²) in [5, 5.41) is 7.57. The lowest BCUT2D eigenvalue weighted by Gasteiger charge is -2.26. The molecule has 8 rings (SSSR count). The number of fused-ring (bicyclic) bond motifs is 3. The zero-order chi connectivity index (χ0) is 28.6. The van der Waals surface area contributed by atoms with Crippen LogP contribution in [0, 0.1) is 0 Å². The quantitative estimate of drug-likeness (QED) is 0.194. The van der Waals surface area contributed by atoms with Crippen LogP contribution in [0.25, 0.3) is 54.6 Å². The molecule has 0 amide bonds. The van der Waals surface area contributed by atoms with Crippen LogP contribution < -0.4 is 4.90 Å². The Morgan fingerprint density at radius 2 is 0.744 bits per heavy atom. The maximum Gasteiger partial charge on any atom is 0.0467 e. The molecule has 0 bridgehead atoms. The Morgan fingerprint density at radius 1 is 0.302 bits per heavy atom. The Morgan fingerprint density at radius 3 is 1.35 bits per heavy atom. The third kappa shape index (κ3) is 4.34. The maximum atomic E-state index is 2.34. The van der Waals surface area contributed by atoms with Crippen molar-refractivity contribution in [3.8, 4) is 22.3 Å². The highest BCUT2D eigenvalue weighted by Gasteiger charge is 2.19. The SMILES string of the molecule is c1ccc(N(c2ccccc2)c2cccc(-c3c4ccccc4c(-c4cccc5ccccc45)c4ccccc34)c2)cc1. The Bertz CT molecular complexity index is 2130. The third-order valence-corrected chi connectivity index (χ3v) is 8.41. The molecule has 0 atom stereocenters. The highest BCUT2D eigenvalue weighted by Crippen LogP contribution is 2.46. The van der Waals surface area contributed by atoms with Gasteiger partial charge >= 0.3 is 0 Å². The average Bonchev–Trinajstić information content (AvgIpc) is 3.08. The number of hydrogen-bond acceptors (Lipinski definition) is 1. The molecule has 0 radical (unpaired) electrons. The number of rotatable bonds is 5. The van der Waals surface area contributed by atoms with Crippen LogP contribution in [-0.4, -0.2) is 0 Å². The lowest BCUT2D eigenvalue weighted by atomic mass is 9.84. The first-order chi connectivity index (χ1) is 21.4. The van der Waals surface area contributed by atoms with E-state index in [-0.39, 0.29) is 0 Å². The highest BCUT2D eigenvalue weighted by atomic mass is 15.1. The molecule has 1 heteroatoms. The second kappa shape index (κ2) is 10.6. The topological polar surface area (TPSA) is 3.24 Å². The van der Waals surface area contributed by atoms with Crippen LogP contribution in [0.15, 0.2) is 176 Å². The predicted octanol–water partition coefficient (Wildman–Crippen LogP) is 11.9. The molecule has 0 saturated carbocycles. The summed E-state index contributed by atoms with van der Waals surface area (Å²) >= 11 is 0. The van der Waals surface area contributed by atoms with Crippen molar-refractivity contribution in [3.05, 3.63) is 176 Å². The van der Waals surface area contributed by atoms with Crippen LogP contribution >= 0.6 is 0 Å². The second-order valence-corrected chi connectivity index (χ2v) is 10.9. The molecule has 0 aliphatic carbocycles. The van der Waals surface area contributed by atoms with E-state index in [2.05, 4.69) is 181 Å². The molecule has 0 aromatic heterocycles. The zero-order valence-electron chi connectivity index (χ0n) is 23.7. The number of benzene rings is 8. The van der Waals surface area contributed by atoms with Crippen molar-refractivity contribution in [1.82, 2.24) is 0 Å². The van der Waals surface area contributed by atoms with Crippen molar-refractivity contribution < 1.29 is 0 Å². The fraction of sp³-hybridized carbons (Fsp3) is 0. The zero-order valence-corrected chi connectivity index (χ0v) is 23.7. The molecule has 0 unspecified atom stereocenters. The monoisotopic (exact) mass is 547 g/mol. The van der Waals surface area contributed by atoms with Crippen molar-refractivity contribution in [3.63, 3.8) is 0 Å². The van der Waals surface area contributed by atoms with Gasteiger partial charge in [-0.15, -0.1) is 0 Å². The van der Waals surface area contributed by atoms with Crippen LogP contribution in [0.4, 0.5) is 17.1 Å². The van der Waals surface area contributed by atoms with Gasteiger partial charge in [-0.2, -0.15) is 0 Å². The molecular weight excluding hydrogens is 518 g/mol. The smallest absolute Gasteiger partial charge is 0.0467 e. The minimum atomic E-state index is 1.13. The van der Waals surface area contributed by atoms with Gasteiger partial charge < -0.3 is 4.90 Å². The van der Waals surface area contributed by atoms with Gasteiger partial charge in [0.2, 0.25) is 0 Å². The Balaban J connectivity index is 1.41. The van der Waals surface area contributed by atoms with Gasteiger partial charge in [0, 0.05) is 17.1 Å². The highest BCUT2D eigenvalue weighted by molar-refractivity contribution is 6.23. The minimum absolute atomic E-state index is 1.13. The predicted molar refractivity (Wildman–Crippen MR) is 185 cm³/mol. The fourth-order valence-corrected chi connectivity index (χ4v) is 6.57. The fourth-order valence-electron chi connectivity index (χ4n) is 6.57. The van der Waals surface area contributed by atoms with E-state index in [1.165, 1.54) is 54.6 Å². The van der Waals surface area contributed by atoms with Crippen LogP contribution in [0.2, 0.25) is 0 Å². The molecule has 0 spiro atoms. The summed E-state index contributed by atoms with van der Waals surface area (Å²) < 4.78 is 0. The van der Waals surface area contributed by atoms with Crippen molar-refractivity contribution in [2.24, 2.45) is 0 Å². The molecule has 43 heavy (non-hydrogen) atoms. The molecule has 8 aromatic rings. The van der Waals surface area contributed by atoms with E-state index in [1.807, 2.05) is 0 Å². The van der Waals surface area contributed by atoms with E-state index in [1.54, 1.807) is 0 Å². The van der Waals surface area contributed by atoms with Gasteiger partial charge in [-0.1, -0.05) is 140 Å². The van der Waals surface area contributed by atoms with Gasteiger partial charge in [0.25, 0.3) is 0 Å². The summed E-state index contributed by atoms with van der Waals surface area (Å²) in [6.07, 6.45) is 0. The van der Waals surface area contributed by atoms with Gasteiger partial charge in [0.05, 0.1) is 0 Å². The first kappa shape index (κ1) is 25.1. The molecule has 202 valence electrons. The van der Waals surface area contributed by atoms with Crippen LogP contribution in [0.1, 0.15) is 0 Å². The maximum absolute atomic E-state index is 2.34. The normalized spacial score (nSPS) is 11.3. The van der Waals surface area contributed by atoms with Crippen LogP contribution in [0.5, 0.6) is 0 Å². The summed E-state index contributed by atoms with van der Waals surface area (Å²) in [5.74, 6) is 0. The molecule has 8 aromatic carbocycles.